The smallest absolute Gasteiger partial charge is 0.0264 e. The summed E-state index contributed by atoms with van der Waals surface area (Å²) in [4.78, 5) is 0. The third kappa shape index (κ3) is 1.42. The molecule has 2 saturated carbocycles. The van der Waals surface area contributed by atoms with E-state index in [-0.39, 0.29) is 0 Å². The molecule has 0 bridgehead atoms. The molecular weight excluding hydrogens is 168 g/mol. The highest BCUT2D eigenvalue weighted by atomic mass is 14.5. The first-order chi connectivity index (χ1) is 6.55. The van der Waals surface area contributed by atoms with Crippen LogP contribution in [-0.4, -0.2) is 0 Å². The summed E-state index contributed by atoms with van der Waals surface area (Å²) in [5, 5.41) is 0. The summed E-state index contributed by atoms with van der Waals surface area (Å²) in [6.45, 7) is 9.94. The molecule has 2 fully saturated rings. The molecule has 0 aromatic rings. The zero-order valence-corrected chi connectivity index (χ0v) is 10.3. The molecule has 82 valence electrons. The minimum Gasteiger partial charge on any atom is -0.0625 e. The molecule has 0 heteroatoms. The highest BCUT2D eigenvalue weighted by Crippen LogP contribution is 2.59. The normalized spacial score (nSPS) is 48.2. The van der Waals surface area contributed by atoms with Gasteiger partial charge in [0.2, 0.25) is 0 Å². The first kappa shape index (κ1) is 10.5. The van der Waals surface area contributed by atoms with Gasteiger partial charge in [0.15, 0.2) is 0 Å². The molecule has 0 N–H and O–H groups in total. The second-order valence-electron chi connectivity index (χ2n) is 6.41. The maximum atomic E-state index is 2.59. The first-order valence-electron chi connectivity index (χ1n) is 6.55. The van der Waals surface area contributed by atoms with Crippen molar-refractivity contribution >= 4 is 0 Å². The summed E-state index contributed by atoms with van der Waals surface area (Å²) in [6.07, 6.45) is 7.50. The molecule has 0 unspecified atom stereocenters. The third-order valence-electron chi connectivity index (χ3n) is 5.35. The van der Waals surface area contributed by atoms with Gasteiger partial charge in [-0.1, -0.05) is 40.5 Å². The van der Waals surface area contributed by atoms with E-state index in [1.165, 1.54) is 32.1 Å². The fourth-order valence-electron chi connectivity index (χ4n) is 4.70. The average Bonchev–Trinajstić information content (AvgIpc) is 2.43. The van der Waals surface area contributed by atoms with Crippen LogP contribution in [0.3, 0.4) is 0 Å². The van der Waals surface area contributed by atoms with Crippen molar-refractivity contribution in [2.45, 2.75) is 59.8 Å². The van der Waals surface area contributed by atoms with Gasteiger partial charge in [0.25, 0.3) is 0 Å². The standard InChI is InChI=1S/C14H26/c1-10(2)12-7-8-13-11(3)6-5-9-14(12,13)4/h10-13H,5-9H2,1-4H3/t11-,12+,13-,14+/m0/s1. The molecule has 0 aliphatic heterocycles. The number of hydrogen-bond acceptors (Lipinski definition) is 0. The lowest BCUT2D eigenvalue weighted by Gasteiger charge is -2.45. The van der Waals surface area contributed by atoms with Crippen molar-refractivity contribution in [2.75, 3.05) is 0 Å². The van der Waals surface area contributed by atoms with E-state index in [4.69, 9.17) is 0 Å². The van der Waals surface area contributed by atoms with Crippen LogP contribution in [0.15, 0.2) is 0 Å². The zero-order valence-electron chi connectivity index (χ0n) is 10.3. The third-order valence-corrected chi connectivity index (χ3v) is 5.35. The predicted molar refractivity (Wildman–Crippen MR) is 62.2 cm³/mol. The van der Waals surface area contributed by atoms with Crippen molar-refractivity contribution in [1.82, 2.24) is 0 Å². The van der Waals surface area contributed by atoms with Crippen LogP contribution in [0.2, 0.25) is 0 Å². The van der Waals surface area contributed by atoms with Crippen LogP contribution < -0.4 is 0 Å². The maximum absolute atomic E-state index is 2.59. The molecule has 0 spiro atoms. The Morgan fingerprint density at radius 1 is 1.14 bits per heavy atom. The minimum absolute atomic E-state index is 0.700. The Balaban J connectivity index is 2.20. The van der Waals surface area contributed by atoms with Crippen LogP contribution >= 0.6 is 0 Å². The Morgan fingerprint density at radius 3 is 2.50 bits per heavy atom. The van der Waals surface area contributed by atoms with Crippen LogP contribution in [-0.2, 0) is 0 Å². The second kappa shape index (κ2) is 3.54. The van der Waals surface area contributed by atoms with Gasteiger partial charge in [-0.05, 0) is 48.3 Å². The van der Waals surface area contributed by atoms with Gasteiger partial charge in [0.1, 0.15) is 0 Å². The Labute approximate surface area is 89.5 Å². The van der Waals surface area contributed by atoms with Crippen molar-refractivity contribution < 1.29 is 0 Å². The average molecular weight is 194 g/mol. The van der Waals surface area contributed by atoms with E-state index >= 15 is 0 Å². The largest absolute Gasteiger partial charge is 0.0625 e. The number of hydrogen-bond donors (Lipinski definition) is 0. The maximum Gasteiger partial charge on any atom is -0.0264 e. The van der Waals surface area contributed by atoms with E-state index in [1.807, 2.05) is 0 Å². The van der Waals surface area contributed by atoms with Crippen LogP contribution in [0, 0.1) is 29.1 Å². The van der Waals surface area contributed by atoms with Crippen molar-refractivity contribution in [2.24, 2.45) is 29.1 Å². The van der Waals surface area contributed by atoms with Gasteiger partial charge in [0.05, 0.1) is 0 Å². The Morgan fingerprint density at radius 2 is 1.86 bits per heavy atom. The van der Waals surface area contributed by atoms with Crippen molar-refractivity contribution in [3.63, 3.8) is 0 Å². The molecule has 2 rings (SSSR count). The predicted octanol–water partition coefficient (Wildman–Crippen LogP) is 4.49. The van der Waals surface area contributed by atoms with Gasteiger partial charge in [-0.15, -0.1) is 0 Å². The molecule has 0 heterocycles. The van der Waals surface area contributed by atoms with E-state index in [2.05, 4.69) is 27.7 Å². The fraction of sp³-hybridized carbons (Fsp3) is 1.00. The van der Waals surface area contributed by atoms with Gasteiger partial charge >= 0.3 is 0 Å². The van der Waals surface area contributed by atoms with Crippen LogP contribution in [0.4, 0.5) is 0 Å². The van der Waals surface area contributed by atoms with Crippen molar-refractivity contribution in [3.8, 4) is 0 Å². The van der Waals surface area contributed by atoms with E-state index in [9.17, 15) is 0 Å². The highest BCUT2D eigenvalue weighted by Gasteiger charge is 2.50. The van der Waals surface area contributed by atoms with Crippen LogP contribution in [0.25, 0.3) is 0 Å². The molecule has 14 heavy (non-hydrogen) atoms. The number of fused-ring (bicyclic) bond motifs is 1. The lowest BCUT2D eigenvalue weighted by Crippen LogP contribution is -2.37. The van der Waals surface area contributed by atoms with E-state index in [1.54, 1.807) is 0 Å². The van der Waals surface area contributed by atoms with Gasteiger partial charge in [-0.2, -0.15) is 0 Å². The molecule has 0 saturated heterocycles. The Kier molecular flexibility index (Phi) is 2.66. The summed E-state index contributed by atoms with van der Waals surface area (Å²) in [5.41, 5.74) is 0.700. The van der Waals surface area contributed by atoms with Gasteiger partial charge in [-0.3, -0.25) is 0 Å². The minimum atomic E-state index is 0.700. The van der Waals surface area contributed by atoms with Crippen LogP contribution in [0.1, 0.15) is 59.8 Å². The summed E-state index contributed by atoms with van der Waals surface area (Å²) in [6, 6.07) is 0. The van der Waals surface area contributed by atoms with Gasteiger partial charge in [0, 0.05) is 0 Å². The zero-order chi connectivity index (χ0) is 10.3. The Hall–Kier alpha value is 0. The van der Waals surface area contributed by atoms with E-state index in [0.29, 0.717) is 5.41 Å². The number of rotatable bonds is 1. The molecular formula is C14H26. The quantitative estimate of drug-likeness (QED) is 0.577. The fourth-order valence-corrected chi connectivity index (χ4v) is 4.70. The molecule has 0 nitrogen and oxygen atoms in total. The molecule has 0 radical (unpaired) electrons. The van der Waals surface area contributed by atoms with Gasteiger partial charge in [-0.25, -0.2) is 0 Å². The molecule has 0 amide bonds. The SMILES string of the molecule is CC(C)[C@H]1CC[C@H]2[C@@H](C)CCC[C@]12C. The van der Waals surface area contributed by atoms with Crippen LogP contribution in [0.5, 0.6) is 0 Å². The van der Waals surface area contributed by atoms with E-state index < -0.39 is 0 Å². The Bertz CT molecular complexity index is 198. The first-order valence-corrected chi connectivity index (χ1v) is 6.55. The van der Waals surface area contributed by atoms with Gasteiger partial charge < -0.3 is 0 Å². The lowest BCUT2D eigenvalue weighted by molar-refractivity contribution is 0.0405. The van der Waals surface area contributed by atoms with Crippen molar-refractivity contribution in [1.29, 1.82) is 0 Å². The van der Waals surface area contributed by atoms with Crippen molar-refractivity contribution in [3.05, 3.63) is 0 Å². The van der Waals surface area contributed by atoms with E-state index in [0.717, 1.165) is 23.7 Å². The summed E-state index contributed by atoms with van der Waals surface area (Å²) in [5.74, 6) is 3.95. The topological polar surface area (TPSA) is 0 Å². The monoisotopic (exact) mass is 194 g/mol. The molecule has 4 atom stereocenters. The molecule has 0 aromatic carbocycles. The molecule has 0 aromatic heterocycles. The molecule has 2 aliphatic rings. The summed E-state index contributed by atoms with van der Waals surface area (Å²) < 4.78 is 0. The lowest BCUT2D eigenvalue weighted by atomic mass is 9.60. The summed E-state index contributed by atoms with van der Waals surface area (Å²) in [7, 11) is 0. The highest BCUT2D eigenvalue weighted by molar-refractivity contribution is 4.99. The second-order valence-corrected chi connectivity index (χ2v) is 6.41. The molecule has 2 aliphatic carbocycles. The summed E-state index contributed by atoms with van der Waals surface area (Å²) >= 11 is 0.